The molecule has 0 aliphatic carbocycles. The molecule has 1 heterocycles. The molecule has 1 N–H and O–H groups in total. The lowest BCUT2D eigenvalue weighted by Gasteiger charge is -2.16. The zero-order valence-corrected chi connectivity index (χ0v) is 18.1. The number of fused-ring (bicyclic) bond motifs is 1. The number of carbonyl (C=O) groups is 1. The molecule has 0 fully saturated rings. The van der Waals surface area contributed by atoms with Gasteiger partial charge in [-0.2, -0.15) is 5.26 Å². The zero-order chi connectivity index (χ0) is 22.4. The second-order valence-corrected chi connectivity index (χ2v) is 6.84. The second kappa shape index (κ2) is 9.81. The van der Waals surface area contributed by atoms with Gasteiger partial charge in [0.2, 0.25) is 0 Å². The van der Waals surface area contributed by atoms with Crippen LogP contribution in [0.4, 0.5) is 5.69 Å². The number of nitrogens with zero attached hydrogens (tertiary/aromatic N) is 2. The second-order valence-electron chi connectivity index (χ2n) is 6.84. The van der Waals surface area contributed by atoms with Crippen molar-refractivity contribution < 1.29 is 19.0 Å². The summed E-state index contributed by atoms with van der Waals surface area (Å²) in [5.41, 5.74) is 4.01. The van der Waals surface area contributed by atoms with Crippen molar-refractivity contribution in [1.29, 1.82) is 5.26 Å². The number of ether oxygens (including phenoxy) is 3. The predicted octanol–water partition coefficient (Wildman–Crippen LogP) is 4.47. The number of benzene rings is 2. The van der Waals surface area contributed by atoms with E-state index in [2.05, 4.69) is 16.4 Å². The van der Waals surface area contributed by atoms with Crippen molar-refractivity contribution in [2.45, 2.75) is 26.8 Å². The molecule has 0 saturated heterocycles. The number of aryl methyl sites for hydroxylation is 1. The number of anilines is 1. The van der Waals surface area contributed by atoms with Gasteiger partial charge < -0.3 is 19.5 Å². The predicted molar refractivity (Wildman–Crippen MR) is 119 cm³/mol. The van der Waals surface area contributed by atoms with E-state index in [9.17, 15) is 10.1 Å². The third-order valence-corrected chi connectivity index (χ3v) is 4.94. The van der Waals surface area contributed by atoms with Crippen LogP contribution >= 0.6 is 0 Å². The van der Waals surface area contributed by atoms with Gasteiger partial charge in [0.1, 0.15) is 17.1 Å². The highest BCUT2D eigenvalue weighted by Gasteiger charge is 2.19. The fraction of sp³-hybridized carbons (Fsp3) is 0.292. The molecule has 160 valence electrons. The number of hydrogen-bond acceptors (Lipinski definition) is 7. The van der Waals surface area contributed by atoms with Crippen LogP contribution in [-0.2, 0) is 17.7 Å². The Bertz CT molecular complexity index is 1130. The van der Waals surface area contributed by atoms with Crippen LogP contribution in [0.3, 0.4) is 0 Å². The smallest absolute Gasteiger partial charge is 0.341 e. The molecule has 0 saturated carbocycles. The summed E-state index contributed by atoms with van der Waals surface area (Å²) in [6, 6.07) is 11.3. The molecule has 0 aliphatic rings. The standard InChI is InChI=1S/C24H25N3O4/c1-5-17-7-15(12-25)10-20-22(17)27-14-21(24(28)31-6-2)23(20)26-13-16-8-18(29-3)11-19(9-16)30-4/h7-11,14H,5-6,13H2,1-4H3,(H,26,27). The fourth-order valence-corrected chi connectivity index (χ4v) is 3.42. The van der Waals surface area contributed by atoms with E-state index in [-0.39, 0.29) is 6.61 Å². The van der Waals surface area contributed by atoms with Gasteiger partial charge in [-0.1, -0.05) is 6.92 Å². The Morgan fingerprint density at radius 2 is 1.81 bits per heavy atom. The Labute approximate surface area is 181 Å². The van der Waals surface area contributed by atoms with Gasteiger partial charge in [0, 0.05) is 24.2 Å². The van der Waals surface area contributed by atoms with Crippen LogP contribution in [0, 0.1) is 11.3 Å². The number of pyridine rings is 1. The average molecular weight is 419 g/mol. The maximum absolute atomic E-state index is 12.6. The van der Waals surface area contributed by atoms with E-state index in [1.807, 2.05) is 25.1 Å². The molecule has 0 spiro atoms. The van der Waals surface area contributed by atoms with Gasteiger partial charge in [-0.15, -0.1) is 0 Å². The fourth-order valence-electron chi connectivity index (χ4n) is 3.42. The molecule has 7 nitrogen and oxygen atoms in total. The van der Waals surface area contributed by atoms with E-state index in [1.54, 1.807) is 33.3 Å². The molecule has 0 aliphatic heterocycles. The highest BCUT2D eigenvalue weighted by Crippen LogP contribution is 2.31. The van der Waals surface area contributed by atoms with Crippen molar-refractivity contribution in [2.75, 3.05) is 26.1 Å². The number of hydrogen-bond donors (Lipinski definition) is 1. The Balaban J connectivity index is 2.12. The van der Waals surface area contributed by atoms with Gasteiger partial charge in [-0.3, -0.25) is 4.98 Å². The number of rotatable bonds is 8. The minimum absolute atomic E-state index is 0.252. The third kappa shape index (κ3) is 4.69. The maximum atomic E-state index is 12.6. The topological polar surface area (TPSA) is 93.5 Å². The van der Waals surface area contributed by atoms with Crippen LogP contribution in [-0.4, -0.2) is 31.8 Å². The van der Waals surface area contributed by atoms with Crippen molar-refractivity contribution in [2.24, 2.45) is 0 Å². The lowest BCUT2D eigenvalue weighted by Crippen LogP contribution is -2.12. The van der Waals surface area contributed by atoms with Gasteiger partial charge >= 0.3 is 5.97 Å². The van der Waals surface area contributed by atoms with E-state index >= 15 is 0 Å². The summed E-state index contributed by atoms with van der Waals surface area (Å²) in [6.07, 6.45) is 2.24. The molecule has 0 atom stereocenters. The maximum Gasteiger partial charge on any atom is 0.341 e. The number of aromatic nitrogens is 1. The quantitative estimate of drug-likeness (QED) is 0.538. The average Bonchev–Trinajstić information content (AvgIpc) is 2.81. The van der Waals surface area contributed by atoms with Crippen molar-refractivity contribution in [3.8, 4) is 17.6 Å². The van der Waals surface area contributed by atoms with Crippen LogP contribution in [0.5, 0.6) is 11.5 Å². The summed E-state index contributed by atoms with van der Waals surface area (Å²) in [4.78, 5) is 17.1. The first-order chi connectivity index (χ1) is 15.0. The molecular formula is C24H25N3O4. The number of carbonyl (C=O) groups excluding carboxylic acids is 1. The molecular weight excluding hydrogens is 394 g/mol. The highest BCUT2D eigenvalue weighted by atomic mass is 16.5. The van der Waals surface area contributed by atoms with Crippen LogP contribution in [0.25, 0.3) is 10.9 Å². The summed E-state index contributed by atoms with van der Waals surface area (Å²) >= 11 is 0. The minimum Gasteiger partial charge on any atom is -0.497 e. The highest BCUT2D eigenvalue weighted by molar-refractivity contribution is 6.06. The van der Waals surface area contributed by atoms with Crippen LogP contribution in [0.1, 0.15) is 40.9 Å². The Morgan fingerprint density at radius 1 is 1.10 bits per heavy atom. The lowest BCUT2D eigenvalue weighted by atomic mass is 10.0. The number of esters is 1. The van der Waals surface area contributed by atoms with E-state index in [4.69, 9.17) is 14.2 Å². The van der Waals surface area contributed by atoms with Gasteiger partial charge in [0.25, 0.3) is 0 Å². The first-order valence-corrected chi connectivity index (χ1v) is 10.0. The van der Waals surface area contributed by atoms with E-state index in [0.29, 0.717) is 46.7 Å². The Morgan fingerprint density at radius 3 is 2.39 bits per heavy atom. The van der Waals surface area contributed by atoms with Gasteiger partial charge in [-0.25, -0.2) is 4.79 Å². The minimum atomic E-state index is -0.469. The summed E-state index contributed by atoms with van der Waals surface area (Å²) in [7, 11) is 3.19. The molecule has 0 radical (unpaired) electrons. The SMILES string of the molecule is CCOC(=O)c1cnc2c(CC)cc(C#N)cc2c1NCc1cc(OC)cc(OC)c1. The largest absolute Gasteiger partial charge is 0.497 e. The zero-order valence-electron chi connectivity index (χ0n) is 18.1. The van der Waals surface area contributed by atoms with Crippen molar-refractivity contribution in [3.05, 3.63) is 58.8 Å². The van der Waals surface area contributed by atoms with Crippen molar-refractivity contribution in [1.82, 2.24) is 4.98 Å². The summed E-state index contributed by atoms with van der Waals surface area (Å²) in [5.74, 6) is 0.866. The summed E-state index contributed by atoms with van der Waals surface area (Å²) in [5, 5.41) is 13.5. The third-order valence-electron chi connectivity index (χ3n) is 4.94. The van der Waals surface area contributed by atoms with E-state index in [1.165, 1.54) is 6.20 Å². The number of nitriles is 1. The molecule has 7 heteroatoms. The monoisotopic (exact) mass is 419 g/mol. The number of nitrogens with one attached hydrogen (secondary N) is 1. The molecule has 1 aromatic heterocycles. The van der Waals surface area contributed by atoms with E-state index < -0.39 is 5.97 Å². The Hall–Kier alpha value is -3.79. The van der Waals surface area contributed by atoms with Crippen molar-refractivity contribution in [3.63, 3.8) is 0 Å². The molecule has 0 unspecified atom stereocenters. The van der Waals surface area contributed by atoms with Gasteiger partial charge in [0.05, 0.1) is 43.7 Å². The van der Waals surface area contributed by atoms with Gasteiger partial charge in [-0.05, 0) is 48.7 Å². The summed E-state index contributed by atoms with van der Waals surface area (Å²) < 4.78 is 15.9. The molecule has 3 rings (SSSR count). The molecule has 31 heavy (non-hydrogen) atoms. The molecule has 3 aromatic rings. The molecule has 0 bridgehead atoms. The summed E-state index contributed by atoms with van der Waals surface area (Å²) in [6.45, 7) is 4.41. The lowest BCUT2D eigenvalue weighted by molar-refractivity contribution is 0.0527. The normalized spacial score (nSPS) is 10.4. The van der Waals surface area contributed by atoms with E-state index in [0.717, 1.165) is 16.6 Å². The Kier molecular flexibility index (Phi) is 6.93. The molecule has 2 aromatic carbocycles. The van der Waals surface area contributed by atoms with Crippen LogP contribution < -0.4 is 14.8 Å². The number of methoxy groups -OCH3 is 2. The van der Waals surface area contributed by atoms with Gasteiger partial charge in [0.15, 0.2) is 0 Å². The first-order valence-electron chi connectivity index (χ1n) is 10.0. The van der Waals surface area contributed by atoms with Crippen LogP contribution in [0.2, 0.25) is 0 Å². The van der Waals surface area contributed by atoms with Crippen LogP contribution in [0.15, 0.2) is 36.5 Å². The first kappa shape index (κ1) is 21.9. The molecule has 0 amide bonds. The van der Waals surface area contributed by atoms with Crippen molar-refractivity contribution >= 4 is 22.6 Å².